The average Bonchev–Trinajstić information content (AvgIpc) is 3.01. The number of allylic oxidation sites excluding steroid dienone is 1. The average molecular weight is 427 g/mol. The molecule has 1 amide bonds. The highest BCUT2D eigenvalue weighted by atomic mass is 16.3. The first-order valence-corrected chi connectivity index (χ1v) is 11.3. The minimum Gasteiger partial charge on any atom is -0.508 e. The van der Waals surface area contributed by atoms with Crippen molar-refractivity contribution in [2.75, 3.05) is 14.1 Å². The van der Waals surface area contributed by atoms with Gasteiger partial charge in [-0.15, -0.1) is 0 Å². The normalized spacial score (nSPS) is 13.1. The molecule has 4 nitrogen and oxygen atoms in total. The van der Waals surface area contributed by atoms with Crippen molar-refractivity contribution in [1.82, 2.24) is 9.88 Å². The van der Waals surface area contributed by atoms with Gasteiger partial charge in [0, 0.05) is 31.5 Å². The molecular weight excluding hydrogens is 396 g/mol. The highest BCUT2D eigenvalue weighted by Gasteiger charge is 2.13. The summed E-state index contributed by atoms with van der Waals surface area (Å²) in [6.07, 6.45) is 10.3. The van der Waals surface area contributed by atoms with Gasteiger partial charge >= 0.3 is 0 Å². The summed E-state index contributed by atoms with van der Waals surface area (Å²) in [6.45, 7) is 0. The van der Waals surface area contributed by atoms with E-state index < -0.39 is 0 Å². The topological polar surface area (TPSA) is 53.4 Å². The van der Waals surface area contributed by atoms with Crippen molar-refractivity contribution in [3.63, 3.8) is 0 Å². The third-order valence-electron chi connectivity index (χ3n) is 6.02. The van der Waals surface area contributed by atoms with Crippen LogP contribution in [0, 0.1) is 0 Å². The van der Waals surface area contributed by atoms with Gasteiger partial charge in [-0.25, -0.2) is 0 Å². The monoisotopic (exact) mass is 426 g/mol. The lowest BCUT2D eigenvalue weighted by molar-refractivity contribution is 0.0827. The number of phenols is 1. The van der Waals surface area contributed by atoms with E-state index in [2.05, 4.69) is 30.3 Å². The van der Waals surface area contributed by atoms with Gasteiger partial charge in [0.25, 0.3) is 5.91 Å². The second kappa shape index (κ2) is 9.82. The standard InChI is InChI=1S/C28H30N2O2/c1-30(2)28(32)22-14-12-21(13-15-22)23-8-5-9-24-18-26(29-19-25(24)17-23)10-3-6-20-7-4-11-27(31)16-20/h4,7,11-19,31H,3,5-6,8-10H2,1-2H3. The summed E-state index contributed by atoms with van der Waals surface area (Å²) in [7, 11) is 3.55. The number of nitrogens with zero attached hydrogens (tertiary/aromatic N) is 2. The Morgan fingerprint density at radius 2 is 1.84 bits per heavy atom. The summed E-state index contributed by atoms with van der Waals surface area (Å²) in [5.41, 5.74) is 8.03. The minimum absolute atomic E-state index is 0.0255. The predicted octanol–water partition coefficient (Wildman–Crippen LogP) is 5.54. The van der Waals surface area contributed by atoms with Crippen LogP contribution in [-0.2, 0) is 19.3 Å². The third kappa shape index (κ3) is 5.25. The molecule has 0 fully saturated rings. The van der Waals surface area contributed by atoms with Crippen LogP contribution in [0.2, 0.25) is 0 Å². The largest absolute Gasteiger partial charge is 0.508 e. The van der Waals surface area contributed by atoms with E-state index in [9.17, 15) is 9.90 Å². The minimum atomic E-state index is 0.0255. The molecule has 164 valence electrons. The van der Waals surface area contributed by atoms with E-state index in [1.54, 1.807) is 25.1 Å². The van der Waals surface area contributed by atoms with Crippen molar-refractivity contribution in [3.8, 4) is 5.75 Å². The lowest BCUT2D eigenvalue weighted by Crippen LogP contribution is -2.21. The maximum atomic E-state index is 12.1. The first-order valence-electron chi connectivity index (χ1n) is 11.3. The zero-order valence-corrected chi connectivity index (χ0v) is 18.8. The van der Waals surface area contributed by atoms with Crippen molar-refractivity contribution in [2.45, 2.75) is 38.5 Å². The molecule has 0 atom stereocenters. The summed E-state index contributed by atoms with van der Waals surface area (Å²) in [5, 5.41) is 9.62. The third-order valence-corrected chi connectivity index (χ3v) is 6.02. The van der Waals surface area contributed by atoms with Crippen molar-refractivity contribution in [3.05, 3.63) is 94.3 Å². The fraction of sp³-hybridized carbons (Fsp3) is 0.286. The molecule has 0 radical (unpaired) electrons. The summed E-state index contributed by atoms with van der Waals surface area (Å²) >= 11 is 0. The smallest absolute Gasteiger partial charge is 0.253 e. The second-order valence-corrected chi connectivity index (χ2v) is 8.70. The van der Waals surface area contributed by atoms with E-state index in [-0.39, 0.29) is 5.91 Å². The van der Waals surface area contributed by atoms with Gasteiger partial charge < -0.3 is 10.0 Å². The van der Waals surface area contributed by atoms with E-state index in [4.69, 9.17) is 4.98 Å². The number of aryl methyl sites for hydroxylation is 3. The second-order valence-electron chi connectivity index (χ2n) is 8.70. The number of pyridine rings is 1. The summed E-state index contributed by atoms with van der Waals surface area (Å²) in [5.74, 6) is 0.352. The Kier molecular flexibility index (Phi) is 6.69. The molecule has 4 heteroatoms. The van der Waals surface area contributed by atoms with Gasteiger partial charge in [0.05, 0.1) is 0 Å². The molecule has 0 unspecified atom stereocenters. The van der Waals surface area contributed by atoms with Crippen LogP contribution in [0.25, 0.3) is 11.6 Å². The van der Waals surface area contributed by atoms with Gasteiger partial charge in [0.1, 0.15) is 5.75 Å². The number of aromatic nitrogens is 1. The Hall–Kier alpha value is -3.40. The molecule has 0 spiro atoms. The van der Waals surface area contributed by atoms with Gasteiger partial charge in [-0.1, -0.05) is 24.3 Å². The van der Waals surface area contributed by atoms with Crippen LogP contribution in [-0.4, -0.2) is 35.0 Å². The number of hydrogen-bond acceptors (Lipinski definition) is 3. The molecule has 1 N–H and O–H groups in total. The Morgan fingerprint density at radius 3 is 2.59 bits per heavy atom. The molecule has 2 aromatic carbocycles. The maximum absolute atomic E-state index is 12.1. The quantitative estimate of drug-likeness (QED) is 0.563. The van der Waals surface area contributed by atoms with Crippen LogP contribution in [0.1, 0.15) is 57.6 Å². The van der Waals surface area contributed by atoms with Gasteiger partial charge in [-0.05, 0) is 103 Å². The molecule has 0 saturated carbocycles. The van der Waals surface area contributed by atoms with Crippen molar-refractivity contribution >= 4 is 17.6 Å². The molecular formula is C28H30N2O2. The highest BCUT2D eigenvalue weighted by Crippen LogP contribution is 2.30. The number of rotatable bonds is 6. The molecule has 0 aliphatic heterocycles. The summed E-state index contributed by atoms with van der Waals surface area (Å²) < 4.78 is 0. The number of aromatic hydroxyl groups is 1. The maximum Gasteiger partial charge on any atom is 0.253 e. The van der Waals surface area contributed by atoms with Crippen LogP contribution in [0.15, 0.2) is 60.8 Å². The van der Waals surface area contributed by atoms with Gasteiger partial charge in [-0.2, -0.15) is 0 Å². The lowest BCUT2D eigenvalue weighted by atomic mass is 9.99. The fourth-order valence-electron chi connectivity index (χ4n) is 4.27. The summed E-state index contributed by atoms with van der Waals surface area (Å²) in [4.78, 5) is 18.5. The van der Waals surface area contributed by atoms with E-state index >= 15 is 0 Å². The van der Waals surface area contributed by atoms with Crippen molar-refractivity contribution in [2.24, 2.45) is 0 Å². The van der Waals surface area contributed by atoms with E-state index in [0.29, 0.717) is 11.3 Å². The number of carbonyl (C=O) groups excluding carboxylic acids is 1. The molecule has 1 heterocycles. The van der Waals surface area contributed by atoms with Crippen LogP contribution < -0.4 is 0 Å². The number of phenolic OH excluding ortho intramolecular Hbond substituents is 1. The zero-order chi connectivity index (χ0) is 22.5. The zero-order valence-electron chi connectivity index (χ0n) is 18.8. The summed E-state index contributed by atoms with van der Waals surface area (Å²) in [6, 6.07) is 17.7. The number of benzene rings is 2. The van der Waals surface area contributed by atoms with E-state index in [1.807, 2.05) is 30.5 Å². The molecule has 3 aromatic rings. The number of amides is 1. The fourth-order valence-corrected chi connectivity index (χ4v) is 4.27. The Bertz CT molecular complexity index is 1130. The lowest BCUT2D eigenvalue weighted by Gasteiger charge is -2.11. The molecule has 1 aromatic heterocycles. The van der Waals surface area contributed by atoms with Crippen molar-refractivity contribution in [1.29, 1.82) is 0 Å². The molecule has 4 rings (SSSR count). The number of hydrogen-bond donors (Lipinski definition) is 1. The Labute approximate surface area is 190 Å². The predicted molar refractivity (Wildman–Crippen MR) is 130 cm³/mol. The van der Waals surface area contributed by atoms with Crippen molar-refractivity contribution < 1.29 is 9.90 Å². The van der Waals surface area contributed by atoms with Crippen LogP contribution in [0.5, 0.6) is 5.75 Å². The van der Waals surface area contributed by atoms with Gasteiger partial charge in [0.2, 0.25) is 0 Å². The molecule has 1 aliphatic rings. The van der Waals surface area contributed by atoms with Crippen LogP contribution >= 0.6 is 0 Å². The molecule has 32 heavy (non-hydrogen) atoms. The Balaban J connectivity index is 1.45. The molecule has 0 bridgehead atoms. The SMILES string of the molecule is CN(C)C(=O)c1ccc(C2=Cc3cnc(CCCc4cccc(O)c4)cc3CCC2)cc1. The van der Waals surface area contributed by atoms with E-state index in [0.717, 1.165) is 49.8 Å². The van der Waals surface area contributed by atoms with Gasteiger partial charge in [-0.3, -0.25) is 9.78 Å². The molecule has 0 saturated heterocycles. The first-order chi connectivity index (χ1) is 15.5. The number of fused-ring (bicyclic) bond motifs is 1. The van der Waals surface area contributed by atoms with Crippen LogP contribution in [0.3, 0.4) is 0 Å². The first kappa shape index (κ1) is 21.8. The van der Waals surface area contributed by atoms with Crippen LogP contribution in [0.4, 0.5) is 0 Å². The van der Waals surface area contributed by atoms with Gasteiger partial charge in [0.15, 0.2) is 0 Å². The number of carbonyl (C=O) groups is 1. The van der Waals surface area contributed by atoms with E-state index in [1.165, 1.54) is 22.3 Å². The molecule has 1 aliphatic carbocycles. The highest BCUT2D eigenvalue weighted by molar-refractivity contribution is 5.94. The Morgan fingerprint density at radius 1 is 1.03 bits per heavy atom.